The topological polar surface area (TPSA) is 80.0 Å². The molecule has 0 fully saturated rings. The van der Waals surface area contributed by atoms with E-state index in [2.05, 4.69) is 15.4 Å². The fourth-order valence-corrected chi connectivity index (χ4v) is 1.61. The SMILES string of the molecule is Cc1cnn(CCNc2cccnc2C(=O)O)c1. The van der Waals surface area contributed by atoms with Gasteiger partial charge in [0.05, 0.1) is 18.4 Å². The molecule has 2 rings (SSSR count). The van der Waals surface area contributed by atoms with Crippen molar-refractivity contribution in [3.63, 3.8) is 0 Å². The van der Waals surface area contributed by atoms with E-state index in [0.29, 0.717) is 18.8 Å². The van der Waals surface area contributed by atoms with Gasteiger partial charge in [0.1, 0.15) is 0 Å². The standard InChI is InChI=1S/C12H14N4O2/c1-9-7-15-16(8-9)6-5-13-10-3-2-4-14-11(10)12(17)18/h2-4,7-8,13H,5-6H2,1H3,(H,17,18). The molecule has 6 heteroatoms. The number of carbonyl (C=O) groups is 1. The summed E-state index contributed by atoms with van der Waals surface area (Å²) in [6, 6.07) is 3.40. The van der Waals surface area contributed by atoms with Crippen molar-refractivity contribution in [3.05, 3.63) is 42.0 Å². The third-order valence-corrected chi connectivity index (χ3v) is 2.43. The van der Waals surface area contributed by atoms with Gasteiger partial charge >= 0.3 is 5.97 Å². The molecule has 0 spiro atoms. The fraction of sp³-hybridized carbons (Fsp3) is 0.250. The number of aromatic nitrogens is 3. The molecule has 2 aromatic heterocycles. The van der Waals surface area contributed by atoms with Crippen LogP contribution in [0.2, 0.25) is 0 Å². The highest BCUT2D eigenvalue weighted by atomic mass is 16.4. The molecule has 6 nitrogen and oxygen atoms in total. The number of hydrogen-bond donors (Lipinski definition) is 2. The lowest BCUT2D eigenvalue weighted by molar-refractivity contribution is 0.0691. The highest BCUT2D eigenvalue weighted by Crippen LogP contribution is 2.11. The zero-order valence-electron chi connectivity index (χ0n) is 10.00. The molecule has 0 radical (unpaired) electrons. The molecule has 2 N–H and O–H groups in total. The first-order valence-electron chi connectivity index (χ1n) is 5.58. The number of nitrogens with zero attached hydrogens (tertiary/aromatic N) is 3. The number of hydrogen-bond acceptors (Lipinski definition) is 4. The van der Waals surface area contributed by atoms with Crippen LogP contribution in [-0.2, 0) is 6.54 Å². The molecular weight excluding hydrogens is 232 g/mol. The fourth-order valence-electron chi connectivity index (χ4n) is 1.61. The van der Waals surface area contributed by atoms with Crippen LogP contribution in [0.3, 0.4) is 0 Å². The summed E-state index contributed by atoms with van der Waals surface area (Å²) in [5, 5.41) is 16.2. The average Bonchev–Trinajstić information content (AvgIpc) is 2.75. The summed E-state index contributed by atoms with van der Waals surface area (Å²) in [7, 11) is 0. The monoisotopic (exact) mass is 246 g/mol. The van der Waals surface area contributed by atoms with Gasteiger partial charge < -0.3 is 10.4 Å². The van der Waals surface area contributed by atoms with Gasteiger partial charge in [-0.15, -0.1) is 0 Å². The molecule has 2 heterocycles. The summed E-state index contributed by atoms with van der Waals surface area (Å²) in [6.07, 6.45) is 5.18. The van der Waals surface area contributed by atoms with Crippen LogP contribution in [0.15, 0.2) is 30.7 Å². The van der Waals surface area contributed by atoms with Gasteiger partial charge in [0.15, 0.2) is 5.69 Å². The Balaban J connectivity index is 1.96. The second kappa shape index (κ2) is 5.31. The van der Waals surface area contributed by atoms with Gasteiger partial charge in [0, 0.05) is 18.9 Å². The van der Waals surface area contributed by atoms with E-state index < -0.39 is 5.97 Å². The number of rotatable bonds is 5. The molecule has 94 valence electrons. The number of aromatic carboxylic acids is 1. The third-order valence-electron chi connectivity index (χ3n) is 2.43. The van der Waals surface area contributed by atoms with Crippen LogP contribution in [0, 0.1) is 6.92 Å². The van der Waals surface area contributed by atoms with Crippen LogP contribution in [0.5, 0.6) is 0 Å². The van der Waals surface area contributed by atoms with Crippen LogP contribution in [0.1, 0.15) is 16.1 Å². The van der Waals surface area contributed by atoms with E-state index in [9.17, 15) is 4.79 Å². The summed E-state index contributed by atoms with van der Waals surface area (Å²) in [5.74, 6) is -1.03. The first-order valence-corrected chi connectivity index (χ1v) is 5.58. The van der Waals surface area contributed by atoms with Gasteiger partial charge in [-0.05, 0) is 24.6 Å². The van der Waals surface area contributed by atoms with Crippen molar-refractivity contribution in [3.8, 4) is 0 Å². The van der Waals surface area contributed by atoms with Gasteiger partial charge in [-0.1, -0.05) is 0 Å². The minimum atomic E-state index is -1.03. The number of carboxylic acid groups (broad SMARTS) is 1. The number of nitrogens with one attached hydrogen (secondary N) is 1. The van der Waals surface area contributed by atoms with Gasteiger partial charge in [0.2, 0.25) is 0 Å². The zero-order chi connectivity index (χ0) is 13.0. The van der Waals surface area contributed by atoms with Crippen LogP contribution in [-0.4, -0.2) is 32.4 Å². The summed E-state index contributed by atoms with van der Waals surface area (Å²) < 4.78 is 1.80. The predicted octanol–water partition coefficient (Wildman–Crippen LogP) is 1.40. The number of pyridine rings is 1. The van der Waals surface area contributed by atoms with E-state index in [-0.39, 0.29) is 5.69 Å². The number of carboxylic acids is 1. The second-order valence-corrected chi connectivity index (χ2v) is 3.91. The third kappa shape index (κ3) is 2.85. The van der Waals surface area contributed by atoms with Crippen molar-refractivity contribution in [2.45, 2.75) is 13.5 Å². The molecule has 0 saturated carbocycles. The van der Waals surface area contributed by atoms with Gasteiger partial charge in [-0.3, -0.25) is 4.68 Å². The maximum absolute atomic E-state index is 10.9. The molecule has 0 aromatic carbocycles. The molecule has 0 amide bonds. The Bertz CT molecular complexity index is 551. The molecule has 0 aliphatic heterocycles. The van der Waals surface area contributed by atoms with E-state index in [1.807, 2.05) is 13.1 Å². The van der Waals surface area contributed by atoms with E-state index in [1.165, 1.54) is 6.20 Å². The summed E-state index contributed by atoms with van der Waals surface area (Å²) in [5.41, 5.74) is 1.66. The van der Waals surface area contributed by atoms with Crippen molar-refractivity contribution in [2.24, 2.45) is 0 Å². The molecule has 0 aliphatic carbocycles. The Hall–Kier alpha value is -2.37. The van der Waals surface area contributed by atoms with E-state index >= 15 is 0 Å². The van der Waals surface area contributed by atoms with Crippen molar-refractivity contribution in [2.75, 3.05) is 11.9 Å². The molecule has 18 heavy (non-hydrogen) atoms. The molecule has 0 bridgehead atoms. The molecule has 0 atom stereocenters. The Labute approximate surface area is 104 Å². The normalized spacial score (nSPS) is 10.3. The van der Waals surface area contributed by atoms with E-state index in [0.717, 1.165) is 5.56 Å². The van der Waals surface area contributed by atoms with Crippen LogP contribution >= 0.6 is 0 Å². The zero-order valence-corrected chi connectivity index (χ0v) is 10.00. The second-order valence-electron chi connectivity index (χ2n) is 3.91. The van der Waals surface area contributed by atoms with Gasteiger partial charge in [0.25, 0.3) is 0 Å². The molecule has 0 unspecified atom stereocenters. The Kier molecular flexibility index (Phi) is 3.57. The first-order chi connectivity index (χ1) is 8.66. The Morgan fingerprint density at radius 2 is 2.39 bits per heavy atom. The Morgan fingerprint density at radius 3 is 3.06 bits per heavy atom. The maximum atomic E-state index is 10.9. The predicted molar refractivity (Wildman–Crippen MR) is 66.7 cm³/mol. The lowest BCUT2D eigenvalue weighted by Gasteiger charge is -2.08. The molecule has 0 aliphatic rings. The first kappa shape index (κ1) is 12.1. The highest BCUT2D eigenvalue weighted by Gasteiger charge is 2.09. The minimum Gasteiger partial charge on any atom is -0.476 e. The van der Waals surface area contributed by atoms with Crippen LogP contribution in [0.25, 0.3) is 0 Å². The van der Waals surface area contributed by atoms with Crippen LogP contribution < -0.4 is 5.32 Å². The highest BCUT2D eigenvalue weighted by molar-refractivity contribution is 5.91. The quantitative estimate of drug-likeness (QED) is 0.833. The van der Waals surface area contributed by atoms with E-state index in [1.54, 1.807) is 23.0 Å². The summed E-state index contributed by atoms with van der Waals surface area (Å²) >= 11 is 0. The average molecular weight is 246 g/mol. The van der Waals surface area contributed by atoms with Crippen molar-refractivity contribution < 1.29 is 9.90 Å². The minimum absolute atomic E-state index is 0.0362. The molecule has 0 saturated heterocycles. The smallest absolute Gasteiger partial charge is 0.356 e. The van der Waals surface area contributed by atoms with Gasteiger partial charge in [-0.2, -0.15) is 5.10 Å². The lowest BCUT2D eigenvalue weighted by Crippen LogP contribution is -2.14. The number of aryl methyl sites for hydroxylation is 1. The largest absolute Gasteiger partial charge is 0.476 e. The Morgan fingerprint density at radius 1 is 1.56 bits per heavy atom. The summed E-state index contributed by atoms with van der Waals surface area (Å²) in [4.78, 5) is 14.8. The van der Waals surface area contributed by atoms with E-state index in [4.69, 9.17) is 5.11 Å². The van der Waals surface area contributed by atoms with Crippen molar-refractivity contribution in [1.82, 2.24) is 14.8 Å². The maximum Gasteiger partial charge on any atom is 0.356 e. The van der Waals surface area contributed by atoms with Crippen LogP contribution in [0.4, 0.5) is 5.69 Å². The number of anilines is 1. The molecular formula is C12H14N4O2. The van der Waals surface area contributed by atoms with Crippen molar-refractivity contribution >= 4 is 11.7 Å². The lowest BCUT2D eigenvalue weighted by atomic mass is 10.3. The van der Waals surface area contributed by atoms with Gasteiger partial charge in [-0.25, -0.2) is 9.78 Å². The molecule has 2 aromatic rings. The van der Waals surface area contributed by atoms with Crippen molar-refractivity contribution in [1.29, 1.82) is 0 Å². The summed E-state index contributed by atoms with van der Waals surface area (Å²) in [6.45, 7) is 3.23.